The van der Waals surface area contributed by atoms with Crippen molar-refractivity contribution >= 4 is 32.7 Å². The van der Waals surface area contributed by atoms with Gasteiger partial charge in [-0.1, -0.05) is 41.1 Å². The van der Waals surface area contributed by atoms with Crippen LogP contribution in [-0.2, 0) is 15.7 Å². The molecule has 0 radical (unpaired) electrons. The highest BCUT2D eigenvalue weighted by Gasteiger charge is 2.12. The predicted molar refractivity (Wildman–Crippen MR) is 75.6 cm³/mol. The topological polar surface area (TPSA) is 38.3 Å². The summed E-state index contributed by atoms with van der Waals surface area (Å²) >= 11 is 3.26. The van der Waals surface area contributed by atoms with Gasteiger partial charge in [-0.25, -0.2) is 4.21 Å². The number of ether oxygens (including phenoxy) is 1. The summed E-state index contributed by atoms with van der Waals surface area (Å²) in [5.41, 5.74) is 0.462. The van der Waals surface area contributed by atoms with Gasteiger partial charge in [0.25, 0.3) is 0 Å². The lowest BCUT2D eigenvalue weighted by Gasteiger charge is -2.11. The van der Waals surface area contributed by atoms with E-state index in [1.165, 1.54) is 6.20 Å². The fourth-order valence-corrected chi connectivity index (χ4v) is 2.50. The summed E-state index contributed by atoms with van der Waals surface area (Å²) in [5.74, 6) is 0.376. The molecule has 1 N–H and O–H groups in total. The summed E-state index contributed by atoms with van der Waals surface area (Å²) in [6.07, 6.45) is 1.94. The maximum absolute atomic E-state index is 12.4. The Labute approximate surface area is 121 Å². The summed E-state index contributed by atoms with van der Waals surface area (Å²) in [4.78, 5) is 0. The quantitative estimate of drug-likeness (QED) is 0.759. The maximum atomic E-state index is 12.4. The third-order valence-electron chi connectivity index (χ3n) is 2.07. The summed E-state index contributed by atoms with van der Waals surface area (Å²) in [5, 5.41) is 0. The van der Waals surface area contributed by atoms with Crippen LogP contribution in [0.15, 0.2) is 34.9 Å². The highest BCUT2D eigenvalue weighted by atomic mass is 79.9. The van der Waals surface area contributed by atoms with Crippen LogP contribution < -0.4 is 4.72 Å². The van der Waals surface area contributed by atoms with E-state index in [2.05, 4.69) is 25.4 Å². The van der Waals surface area contributed by atoms with Crippen molar-refractivity contribution in [2.45, 2.75) is 20.0 Å². The minimum atomic E-state index is -2.94. The molecule has 3 nitrogen and oxygen atoms in total. The first-order valence-corrected chi connectivity index (χ1v) is 7.70. The van der Waals surface area contributed by atoms with E-state index in [0.29, 0.717) is 15.8 Å². The van der Waals surface area contributed by atoms with Crippen molar-refractivity contribution in [3.8, 4) is 0 Å². The van der Waals surface area contributed by atoms with E-state index >= 15 is 0 Å². The number of hydrogen-bond donors (Lipinski definition) is 1. The smallest absolute Gasteiger partial charge is 0.387 e. The molecule has 7 heteroatoms. The van der Waals surface area contributed by atoms with E-state index in [1.54, 1.807) is 24.3 Å². The lowest BCUT2D eigenvalue weighted by Crippen LogP contribution is -2.14. The molecular formula is C12H14BrF2NO2S. The zero-order chi connectivity index (χ0) is 14.3. The third-order valence-corrected chi connectivity index (χ3v) is 3.92. The fraction of sp³-hybridized carbons (Fsp3) is 0.333. The normalized spacial score (nSPS) is 13.4. The monoisotopic (exact) mass is 353 g/mol. The van der Waals surface area contributed by atoms with Gasteiger partial charge in [0, 0.05) is 15.8 Å². The van der Waals surface area contributed by atoms with E-state index in [-0.39, 0.29) is 5.76 Å². The molecule has 1 atom stereocenters. The molecule has 0 saturated heterocycles. The Hall–Kier alpha value is -0.950. The molecule has 0 aromatic heterocycles. The molecule has 0 unspecified atom stereocenters. The first-order chi connectivity index (χ1) is 9.04. The SMILES string of the molecule is CCC[S@](=O)NC=C(OC(F)F)c1ccccc1Br. The molecular weight excluding hydrogens is 340 g/mol. The van der Waals surface area contributed by atoms with Gasteiger partial charge in [0.1, 0.15) is 11.0 Å². The van der Waals surface area contributed by atoms with Crippen LogP contribution in [0.4, 0.5) is 8.78 Å². The fourth-order valence-electron chi connectivity index (χ4n) is 1.30. The Morgan fingerprint density at radius 2 is 2.21 bits per heavy atom. The standard InChI is InChI=1S/C12H14BrF2NO2S/c1-2-7-19(17)16-8-11(18-12(14)15)9-5-3-4-6-10(9)13/h3-6,8,12,16H,2,7H2,1H3/t19-/m0/s1. The molecule has 0 bridgehead atoms. The van der Waals surface area contributed by atoms with Crippen LogP contribution in [0.3, 0.4) is 0 Å². The average Bonchev–Trinajstić information content (AvgIpc) is 2.35. The van der Waals surface area contributed by atoms with Crippen LogP contribution in [0.5, 0.6) is 0 Å². The molecule has 0 heterocycles. The molecule has 1 aromatic carbocycles. The number of hydrogen-bond acceptors (Lipinski definition) is 2. The summed E-state index contributed by atoms with van der Waals surface area (Å²) in [6.45, 7) is -1.06. The summed E-state index contributed by atoms with van der Waals surface area (Å²) in [7, 11) is -1.30. The second kappa shape index (κ2) is 8.27. The second-order valence-electron chi connectivity index (χ2n) is 3.53. The van der Waals surface area contributed by atoms with E-state index in [9.17, 15) is 13.0 Å². The molecule has 0 aliphatic carbocycles. The minimum absolute atomic E-state index is 0.0630. The second-order valence-corrected chi connectivity index (χ2v) is 5.72. The minimum Gasteiger partial charge on any atom is -0.433 e. The van der Waals surface area contributed by atoms with Gasteiger partial charge in [-0.3, -0.25) is 0 Å². The average molecular weight is 354 g/mol. The van der Waals surface area contributed by atoms with Crippen LogP contribution in [0.2, 0.25) is 0 Å². The largest absolute Gasteiger partial charge is 0.433 e. The number of alkyl halides is 2. The zero-order valence-electron chi connectivity index (χ0n) is 10.2. The first-order valence-electron chi connectivity index (χ1n) is 5.59. The molecule has 106 valence electrons. The van der Waals surface area contributed by atoms with Gasteiger partial charge in [0.2, 0.25) is 0 Å². The molecule has 0 fully saturated rings. The molecule has 0 spiro atoms. The van der Waals surface area contributed by atoms with Crippen LogP contribution in [0.1, 0.15) is 18.9 Å². The van der Waals surface area contributed by atoms with E-state index < -0.39 is 17.6 Å². The Kier molecular flexibility index (Phi) is 7.01. The first kappa shape index (κ1) is 16.1. The van der Waals surface area contributed by atoms with Crippen molar-refractivity contribution in [1.82, 2.24) is 4.72 Å². The Morgan fingerprint density at radius 3 is 2.79 bits per heavy atom. The number of nitrogens with one attached hydrogen (secondary N) is 1. The summed E-state index contributed by atoms with van der Waals surface area (Å²) in [6, 6.07) is 6.80. The van der Waals surface area contributed by atoms with Gasteiger partial charge >= 0.3 is 6.61 Å². The Balaban J connectivity index is 2.92. The van der Waals surface area contributed by atoms with Crippen LogP contribution in [0, 0.1) is 0 Å². The zero-order valence-corrected chi connectivity index (χ0v) is 12.6. The van der Waals surface area contributed by atoms with Gasteiger partial charge in [0.05, 0.1) is 6.20 Å². The number of halogens is 3. The molecule has 1 rings (SSSR count). The van der Waals surface area contributed by atoms with E-state index in [1.807, 2.05) is 6.92 Å². The highest BCUT2D eigenvalue weighted by Crippen LogP contribution is 2.26. The highest BCUT2D eigenvalue weighted by molar-refractivity contribution is 9.10. The molecule has 0 aliphatic heterocycles. The lowest BCUT2D eigenvalue weighted by atomic mass is 10.2. The van der Waals surface area contributed by atoms with Crippen LogP contribution >= 0.6 is 15.9 Å². The van der Waals surface area contributed by atoms with Crippen molar-refractivity contribution in [2.24, 2.45) is 0 Å². The molecule has 0 amide bonds. The molecule has 19 heavy (non-hydrogen) atoms. The van der Waals surface area contributed by atoms with Crippen molar-refractivity contribution in [3.63, 3.8) is 0 Å². The van der Waals surface area contributed by atoms with Crippen molar-refractivity contribution < 1.29 is 17.7 Å². The van der Waals surface area contributed by atoms with Gasteiger partial charge < -0.3 is 9.46 Å². The molecule has 1 aromatic rings. The third kappa shape index (κ3) is 5.69. The van der Waals surface area contributed by atoms with Gasteiger partial charge in [-0.15, -0.1) is 0 Å². The van der Waals surface area contributed by atoms with Crippen LogP contribution in [0.25, 0.3) is 5.76 Å². The maximum Gasteiger partial charge on any atom is 0.387 e. The summed E-state index contributed by atoms with van der Waals surface area (Å²) < 4.78 is 43.8. The van der Waals surface area contributed by atoms with E-state index in [0.717, 1.165) is 6.42 Å². The predicted octanol–water partition coefficient (Wildman–Crippen LogP) is 3.65. The van der Waals surface area contributed by atoms with E-state index in [4.69, 9.17) is 0 Å². The molecule has 0 saturated carbocycles. The van der Waals surface area contributed by atoms with Gasteiger partial charge in [-0.05, 0) is 12.5 Å². The van der Waals surface area contributed by atoms with Crippen molar-refractivity contribution in [3.05, 3.63) is 40.5 Å². The van der Waals surface area contributed by atoms with Gasteiger partial charge in [-0.2, -0.15) is 8.78 Å². The van der Waals surface area contributed by atoms with Crippen molar-refractivity contribution in [2.75, 3.05) is 5.75 Å². The van der Waals surface area contributed by atoms with Crippen LogP contribution in [-0.4, -0.2) is 16.6 Å². The number of rotatable bonds is 7. The van der Waals surface area contributed by atoms with Crippen molar-refractivity contribution in [1.29, 1.82) is 0 Å². The molecule has 0 aliphatic rings. The number of benzene rings is 1. The Bertz CT molecular complexity index is 469. The lowest BCUT2D eigenvalue weighted by molar-refractivity contribution is -0.0713. The van der Waals surface area contributed by atoms with Gasteiger partial charge in [0.15, 0.2) is 5.76 Å². The Morgan fingerprint density at radius 1 is 1.53 bits per heavy atom.